The van der Waals surface area contributed by atoms with Crippen molar-refractivity contribution < 1.29 is 29.3 Å². The highest BCUT2D eigenvalue weighted by Crippen LogP contribution is 2.32. The molecule has 0 radical (unpaired) electrons. The van der Waals surface area contributed by atoms with E-state index in [2.05, 4.69) is 10.4 Å². The van der Waals surface area contributed by atoms with Crippen LogP contribution in [-0.2, 0) is 16.1 Å². The molecule has 2 unspecified atom stereocenters. The van der Waals surface area contributed by atoms with Gasteiger partial charge >= 0.3 is 0 Å². The number of aliphatic hydroxyl groups is 2. The third kappa shape index (κ3) is 6.44. The summed E-state index contributed by atoms with van der Waals surface area (Å²) < 4.78 is 12.8. The van der Waals surface area contributed by atoms with Crippen LogP contribution in [0.4, 0.5) is 5.82 Å². The summed E-state index contributed by atoms with van der Waals surface area (Å²) in [6, 6.07) is 8.16. The van der Waals surface area contributed by atoms with Crippen LogP contribution in [0.25, 0.3) is 0 Å². The Morgan fingerprint density at radius 3 is 2.67 bits per heavy atom. The van der Waals surface area contributed by atoms with E-state index in [9.17, 15) is 14.7 Å². The number of aliphatic hydroxyl groups excluding tert-OH is 2. The predicted molar refractivity (Wildman–Crippen MR) is 132 cm³/mol. The molecule has 3 N–H and O–H groups in total. The van der Waals surface area contributed by atoms with E-state index < -0.39 is 12.1 Å². The minimum absolute atomic E-state index is 0.107. The van der Waals surface area contributed by atoms with E-state index >= 15 is 0 Å². The number of rotatable bonds is 11. The van der Waals surface area contributed by atoms with Crippen LogP contribution in [-0.4, -0.2) is 69.1 Å². The molecule has 1 fully saturated rings. The number of hydrogen-bond acceptors (Lipinski definition) is 7. The fourth-order valence-corrected chi connectivity index (χ4v) is 4.81. The van der Waals surface area contributed by atoms with Crippen LogP contribution in [0, 0.1) is 5.92 Å². The highest BCUT2D eigenvalue weighted by molar-refractivity contribution is 5.99. The van der Waals surface area contributed by atoms with Gasteiger partial charge in [0.2, 0.25) is 5.91 Å². The Bertz CT molecular complexity index is 1080. The van der Waals surface area contributed by atoms with Gasteiger partial charge in [-0.2, -0.15) is 5.10 Å². The van der Waals surface area contributed by atoms with E-state index in [0.717, 1.165) is 25.7 Å². The van der Waals surface area contributed by atoms with Crippen LogP contribution in [0.5, 0.6) is 11.5 Å². The van der Waals surface area contributed by atoms with Gasteiger partial charge in [0, 0.05) is 18.3 Å². The second-order valence-electron chi connectivity index (χ2n) is 9.33. The predicted octanol–water partition coefficient (Wildman–Crippen LogP) is 2.33. The smallest absolute Gasteiger partial charge is 0.251 e. The van der Waals surface area contributed by atoms with Gasteiger partial charge in [-0.3, -0.25) is 14.3 Å². The number of aromatic nitrogens is 2. The van der Waals surface area contributed by atoms with E-state index in [1.807, 2.05) is 12.1 Å². The van der Waals surface area contributed by atoms with Gasteiger partial charge in [0.05, 0.1) is 32.9 Å². The first-order valence-electron chi connectivity index (χ1n) is 12.4. The molecule has 194 valence electrons. The van der Waals surface area contributed by atoms with Gasteiger partial charge in [-0.15, -0.1) is 0 Å². The normalized spacial score (nSPS) is 18.0. The van der Waals surface area contributed by atoms with Gasteiger partial charge in [-0.25, -0.2) is 0 Å². The highest BCUT2D eigenvalue weighted by atomic mass is 16.5. The Morgan fingerprint density at radius 2 is 1.94 bits per heavy atom. The minimum atomic E-state index is -0.942. The van der Waals surface area contributed by atoms with E-state index in [0.29, 0.717) is 35.4 Å². The summed E-state index contributed by atoms with van der Waals surface area (Å²) >= 11 is 0. The first kappa shape index (κ1) is 25.7. The van der Waals surface area contributed by atoms with Crippen molar-refractivity contribution in [3.05, 3.63) is 48.4 Å². The number of para-hydroxylation sites is 2. The van der Waals surface area contributed by atoms with Gasteiger partial charge in [0.15, 0.2) is 17.3 Å². The molecule has 2 atom stereocenters. The van der Waals surface area contributed by atoms with Crippen molar-refractivity contribution in [1.82, 2.24) is 14.7 Å². The number of ether oxygens (including phenoxy) is 2. The van der Waals surface area contributed by atoms with E-state index in [1.165, 1.54) is 17.2 Å². The zero-order valence-electron chi connectivity index (χ0n) is 20.5. The Kier molecular flexibility index (Phi) is 8.61. The molecule has 1 saturated carbocycles. The van der Waals surface area contributed by atoms with Crippen molar-refractivity contribution in [2.75, 3.05) is 25.6 Å². The highest BCUT2D eigenvalue weighted by Gasteiger charge is 2.36. The summed E-state index contributed by atoms with van der Waals surface area (Å²) in [6.07, 6.45) is 8.21. The summed E-state index contributed by atoms with van der Waals surface area (Å²) in [6.45, 7) is -0.0940. The second-order valence-corrected chi connectivity index (χ2v) is 9.33. The number of methoxy groups -OCH3 is 1. The molecular weight excluding hydrogens is 464 g/mol. The zero-order valence-corrected chi connectivity index (χ0v) is 20.5. The lowest BCUT2D eigenvalue weighted by Crippen LogP contribution is -2.46. The third-order valence-corrected chi connectivity index (χ3v) is 6.66. The van der Waals surface area contributed by atoms with Crippen molar-refractivity contribution >= 4 is 17.6 Å². The molecule has 2 aliphatic rings. The molecule has 0 spiro atoms. The molecule has 4 rings (SSSR count). The maximum atomic E-state index is 13.4. The van der Waals surface area contributed by atoms with E-state index in [-0.39, 0.29) is 31.5 Å². The molecule has 1 aromatic heterocycles. The average molecular weight is 499 g/mol. The van der Waals surface area contributed by atoms with Gasteiger partial charge < -0.3 is 29.9 Å². The topological polar surface area (TPSA) is 126 Å². The molecule has 2 amide bonds. The molecule has 10 heteroatoms. The summed E-state index contributed by atoms with van der Waals surface area (Å²) in [7, 11) is 1.55. The number of carbonyl (C=O) groups is 2. The molecule has 0 bridgehead atoms. The average Bonchev–Trinajstić information content (AvgIpc) is 3.48. The fourth-order valence-electron chi connectivity index (χ4n) is 4.81. The van der Waals surface area contributed by atoms with Gasteiger partial charge in [-0.1, -0.05) is 44.2 Å². The Labute approximate surface area is 210 Å². The van der Waals surface area contributed by atoms with Crippen molar-refractivity contribution in [2.45, 2.75) is 57.2 Å². The van der Waals surface area contributed by atoms with E-state index in [1.54, 1.807) is 36.4 Å². The Hall–Kier alpha value is -3.37. The first-order chi connectivity index (χ1) is 17.5. The van der Waals surface area contributed by atoms with Gasteiger partial charge in [0.25, 0.3) is 5.91 Å². The second kappa shape index (κ2) is 12.0. The van der Waals surface area contributed by atoms with Crippen LogP contribution < -0.4 is 14.8 Å². The molecule has 1 aromatic carbocycles. The number of anilines is 1. The third-order valence-electron chi connectivity index (χ3n) is 6.66. The van der Waals surface area contributed by atoms with Crippen LogP contribution in [0.2, 0.25) is 0 Å². The summed E-state index contributed by atoms with van der Waals surface area (Å²) in [4.78, 5) is 28.0. The van der Waals surface area contributed by atoms with Crippen LogP contribution in [0.3, 0.4) is 0 Å². The maximum Gasteiger partial charge on any atom is 0.251 e. The molecule has 1 aliphatic heterocycles. The number of hydrogen-bond donors (Lipinski definition) is 3. The van der Waals surface area contributed by atoms with Crippen molar-refractivity contribution in [3.8, 4) is 11.5 Å². The first-order valence-corrected chi connectivity index (χ1v) is 12.4. The van der Waals surface area contributed by atoms with Crippen LogP contribution >= 0.6 is 0 Å². The minimum Gasteiger partial charge on any atom is -0.493 e. The summed E-state index contributed by atoms with van der Waals surface area (Å²) in [5.74, 6) is 1.62. The molecule has 2 aromatic rings. The molecule has 2 heterocycles. The number of amides is 2. The largest absolute Gasteiger partial charge is 0.493 e. The Morgan fingerprint density at radius 1 is 1.19 bits per heavy atom. The number of nitrogens with zero attached hydrogens (tertiary/aromatic N) is 3. The van der Waals surface area contributed by atoms with Crippen LogP contribution in [0.15, 0.2) is 48.4 Å². The number of nitrogens with one attached hydrogen (secondary N) is 1. The monoisotopic (exact) mass is 498 g/mol. The molecular formula is C26H34N4O6. The summed E-state index contributed by atoms with van der Waals surface area (Å²) in [5.41, 5.74) is 0. The quantitative estimate of drug-likeness (QED) is 0.434. The van der Waals surface area contributed by atoms with Crippen molar-refractivity contribution in [2.24, 2.45) is 5.92 Å². The standard InChI is InChI=1S/C26H34N4O6/c1-35-22-9-5-6-10-23(22)36-20-14-25(33)30(16-20)21(13-18-7-3-2-4-8-18)26(34)27-24-11-12-29(28-24)15-19(32)17-31/h5-6,9-12,14,18-19,21,31-32H,2-4,7-8,13,15-17H2,1H3,(H,27,28,34). The molecule has 1 aliphatic carbocycles. The summed E-state index contributed by atoms with van der Waals surface area (Å²) in [5, 5.41) is 25.8. The van der Waals surface area contributed by atoms with Crippen LogP contribution in [0.1, 0.15) is 38.5 Å². The number of benzene rings is 1. The van der Waals surface area contributed by atoms with Crippen molar-refractivity contribution in [3.63, 3.8) is 0 Å². The fraction of sp³-hybridized carbons (Fsp3) is 0.500. The lowest BCUT2D eigenvalue weighted by atomic mass is 9.84. The van der Waals surface area contributed by atoms with Gasteiger partial charge in [-0.05, 0) is 24.5 Å². The lowest BCUT2D eigenvalue weighted by Gasteiger charge is -2.31. The number of carbonyl (C=O) groups excluding carboxylic acids is 2. The molecule has 36 heavy (non-hydrogen) atoms. The maximum absolute atomic E-state index is 13.4. The van der Waals surface area contributed by atoms with E-state index in [4.69, 9.17) is 14.6 Å². The zero-order chi connectivity index (χ0) is 25.5. The molecule has 10 nitrogen and oxygen atoms in total. The van der Waals surface area contributed by atoms with Gasteiger partial charge in [0.1, 0.15) is 11.8 Å². The molecule has 0 saturated heterocycles. The lowest BCUT2D eigenvalue weighted by molar-refractivity contribution is -0.134. The SMILES string of the molecule is COc1ccccc1OC1=CC(=O)N(C(CC2CCCCC2)C(=O)Nc2ccn(CC(O)CO)n2)C1. The van der Waals surface area contributed by atoms with Crippen molar-refractivity contribution in [1.29, 1.82) is 0 Å². The Balaban J connectivity index is 1.47.